The topological polar surface area (TPSA) is 84.7 Å². The Morgan fingerprint density at radius 2 is 2.05 bits per heavy atom. The summed E-state index contributed by atoms with van der Waals surface area (Å²) in [4.78, 5) is 2.01. The molecule has 0 radical (unpaired) electrons. The fourth-order valence-corrected chi connectivity index (χ4v) is 3.14. The molecule has 8 heteroatoms. The van der Waals surface area contributed by atoms with E-state index in [4.69, 9.17) is 10.5 Å². The zero-order valence-electron chi connectivity index (χ0n) is 11.0. The van der Waals surface area contributed by atoms with Crippen molar-refractivity contribution in [3.8, 4) is 0 Å². The van der Waals surface area contributed by atoms with Crippen LogP contribution in [0.3, 0.4) is 0 Å². The van der Waals surface area contributed by atoms with Gasteiger partial charge in [0, 0.05) is 26.2 Å². The van der Waals surface area contributed by atoms with Crippen molar-refractivity contribution in [1.29, 1.82) is 0 Å². The number of ether oxygens (including phenoxy) is 1. The average molecular weight is 303 g/mol. The van der Waals surface area contributed by atoms with Gasteiger partial charge in [-0.25, -0.2) is 17.5 Å². The first-order valence-corrected chi connectivity index (χ1v) is 7.82. The molecule has 1 heterocycles. The number of nitrogen functional groups attached to an aromatic ring is 1. The predicted molar refractivity (Wildman–Crippen MR) is 73.3 cm³/mol. The summed E-state index contributed by atoms with van der Waals surface area (Å²) < 4.78 is 44.7. The van der Waals surface area contributed by atoms with Crippen molar-refractivity contribution in [3.63, 3.8) is 0 Å². The molecule has 0 aliphatic carbocycles. The third kappa shape index (κ3) is 3.89. The van der Waals surface area contributed by atoms with Crippen LogP contribution in [-0.4, -0.2) is 52.7 Å². The van der Waals surface area contributed by atoms with Gasteiger partial charge in [-0.05, 0) is 18.2 Å². The first-order chi connectivity index (χ1) is 9.49. The molecule has 0 saturated carbocycles. The summed E-state index contributed by atoms with van der Waals surface area (Å²) in [6, 6.07) is 3.24. The Morgan fingerprint density at radius 1 is 1.35 bits per heavy atom. The molecule has 1 aromatic rings. The molecule has 0 atom stereocenters. The normalized spacial score (nSPS) is 17.2. The molecule has 0 unspecified atom stereocenters. The molecular formula is C12H18FN3O3S. The predicted octanol–water partition coefficient (Wildman–Crippen LogP) is 0.0184. The minimum Gasteiger partial charge on any atom is -0.398 e. The number of anilines is 1. The van der Waals surface area contributed by atoms with E-state index in [-0.39, 0.29) is 17.1 Å². The smallest absolute Gasteiger partial charge is 0.242 e. The number of benzene rings is 1. The quantitative estimate of drug-likeness (QED) is 0.749. The molecule has 3 N–H and O–H groups in total. The molecule has 0 bridgehead atoms. The van der Waals surface area contributed by atoms with E-state index in [0.29, 0.717) is 19.8 Å². The zero-order chi connectivity index (χ0) is 14.6. The van der Waals surface area contributed by atoms with Gasteiger partial charge >= 0.3 is 0 Å². The Labute approximate surface area is 117 Å². The van der Waals surface area contributed by atoms with Crippen molar-refractivity contribution in [1.82, 2.24) is 9.62 Å². The van der Waals surface area contributed by atoms with Crippen LogP contribution in [0.25, 0.3) is 0 Å². The van der Waals surface area contributed by atoms with Crippen molar-refractivity contribution in [3.05, 3.63) is 24.0 Å². The Bertz CT molecular complexity index is 559. The molecule has 0 spiro atoms. The molecule has 0 amide bonds. The molecule has 1 aliphatic heterocycles. The van der Waals surface area contributed by atoms with Gasteiger partial charge < -0.3 is 10.5 Å². The van der Waals surface area contributed by atoms with Crippen LogP contribution in [0.2, 0.25) is 0 Å². The monoisotopic (exact) mass is 303 g/mol. The van der Waals surface area contributed by atoms with Gasteiger partial charge in [0.25, 0.3) is 0 Å². The first kappa shape index (κ1) is 15.2. The van der Waals surface area contributed by atoms with E-state index in [2.05, 4.69) is 9.62 Å². The lowest BCUT2D eigenvalue weighted by molar-refractivity contribution is 0.0390. The van der Waals surface area contributed by atoms with E-state index >= 15 is 0 Å². The van der Waals surface area contributed by atoms with Crippen LogP contribution in [0.1, 0.15) is 0 Å². The number of rotatable bonds is 5. The van der Waals surface area contributed by atoms with Crippen molar-refractivity contribution in [2.24, 2.45) is 0 Å². The zero-order valence-corrected chi connectivity index (χ0v) is 11.8. The van der Waals surface area contributed by atoms with Crippen LogP contribution >= 0.6 is 0 Å². The van der Waals surface area contributed by atoms with Gasteiger partial charge in [-0.1, -0.05) is 0 Å². The second-order valence-corrected chi connectivity index (χ2v) is 6.27. The summed E-state index contributed by atoms with van der Waals surface area (Å²) >= 11 is 0. The molecule has 1 aliphatic rings. The average Bonchev–Trinajstić information content (AvgIpc) is 2.39. The minimum absolute atomic E-state index is 0.0936. The second-order valence-electron chi connectivity index (χ2n) is 4.53. The maximum Gasteiger partial charge on any atom is 0.242 e. The summed E-state index contributed by atoms with van der Waals surface area (Å²) in [5.74, 6) is -0.560. The number of morpholine rings is 1. The van der Waals surface area contributed by atoms with E-state index < -0.39 is 15.8 Å². The Kier molecular flexibility index (Phi) is 4.92. The molecule has 6 nitrogen and oxygen atoms in total. The first-order valence-electron chi connectivity index (χ1n) is 6.34. The van der Waals surface area contributed by atoms with Crippen molar-refractivity contribution < 1.29 is 17.5 Å². The fraction of sp³-hybridized carbons (Fsp3) is 0.500. The number of sulfonamides is 1. The molecule has 1 fully saturated rings. The van der Waals surface area contributed by atoms with Crippen molar-refractivity contribution in [2.45, 2.75) is 4.90 Å². The van der Waals surface area contributed by atoms with Crippen LogP contribution in [0, 0.1) is 5.82 Å². The Morgan fingerprint density at radius 3 is 2.70 bits per heavy atom. The molecule has 0 aromatic heterocycles. The number of hydrogen-bond acceptors (Lipinski definition) is 5. The maximum atomic E-state index is 12.9. The van der Waals surface area contributed by atoms with Crippen molar-refractivity contribution >= 4 is 15.7 Å². The van der Waals surface area contributed by atoms with Gasteiger partial charge in [-0.3, -0.25) is 4.90 Å². The van der Waals surface area contributed by atoms with Crippen LogP contribution in [0.15, 0.2) is 23.1 Å². The van der Waals surface area contributed by atoms with Gasteiger partial charge in [0.2, 0.25) is 10.0 Å². The third-order valence-corrected chi connectivity index (χ3v) is 4.62. The van der Waals surface area contributed by atoms with Crippen LogP contribution in [-0.2, 0) is 14.8 Å². The summed E-state index contributed by atoms with van der Waals surface area (Å²) in [6.07, 6.45) is 0. The maximum absolute atomic E-state index is 12.9. The van der Waals surface area contributed by atoms with E-state index in [1.807, 2.05) is 0 Å². The number of halogens is 1. The van der Waals surface area contributed by atoms with Gasteiger partial charge in [-0.15, -0.1) is 0 Å². The van der Waals surface area contributed by atoms with E-state index in [9.17, 15) is 12.8 Å². The van der Waals surface area contributed by atoms with Crippen LogP contribution in [0.5, 0.6) is 0 Å². The highest BCUT2D eigenvalue weighted by Gasteiger charge is 2.18. The van der Waals surface area contributed by atoms with Crippen LogP contribution < -0.4 is 10.5 Å². The highest BCUT2D eigenvalue weighted by molar-refractivity contribution is 7.89. The highest BCUT2D eigenvalue weighted by atomic mass is 32.2. The summed E-state index contributed by atoms with van der Waals surface area (Å²) in [5.41, 5.74) is 5.44. The summed E-state index contributed by atoms with van der Waals surface area (Å²) in [6.45, 7) is 3.79. The molecule has 1 aromatic carbocycles. The fourth-order valence-electron chi connectivity index (χ4n) is 2.00. The number of nitrogens with two attached hydrogens (primary N) is 1. The Balaban J connectivity index is 1.93. The van der Waals surface area contributed by atoms with E-state index in [1.54, 1.807) is 0 Å². The molecule has 20 heavy (non-hydrogen) atoms. The van der Waals surface area contributed by atoms with Gasteiger partial charge in [-0.2, -0.15) is 0 Å². The van der Waals surface area contributed by atoms with Gasteiger partial charge in [0.15, 0.2) is 0 Å². The lowest BCUT2D eigenvalue weighted by Crippen LogP contribution is -2.41. The lowest BCUT2D eigenvalue weighted by Gasteiger charge is -2.26. The molecule has 112 valence electrons. The van der Waals surface area contributed by atoms with E-state index in [0.717, 1.165) is 25.2 Å². The number of hydrogen-bond donors (Lipinski definition) is 2. The second kappa shape index (κ2) is 6.49. The standard InChI is InChI=1S/C12H18FN3O3S/c13-10-1-2-12(11(14)9-10)20(17,18)15-3-4-16-5-7-19-8-6-16/h1-2,9,15H,3-8,14H2. The van der Waals surface area contributed by atoms with Crippen LogP contribution in [0.4, 0.5) is 10.1 Å². The molecule has 1 saturated heterocycles. The SMILES string of the molecule is Nc1cc(F)ccc1S(=O)(=O)NCCN1CCOCC1. The van der Waals surface area contributed by atoms with E-state index in [1.165, 1.54) is 6.07 Å². The summed E-state index contributed by atoms with van der Waals surface area (Å²) in [5, 5.41) is 0. The van der Waals surface area contributed by atoms with Crippen molar-refractivity contribution in [2.75, 3.05) is 45.1 Å². The number of nitrogens with zero attached hydrogens (tertiary/aromatic N) is 1. The molecular weight excluding hydrogens is 285 g/mol. The Hall–Kier alpha value is -1.22. The van der Waals surface area contributed by atoms with Gasteiger partial charge in [0.1, 0.15) is 10.7 Å². The third-order valence-electron chi connectivity index (χ3n) is 3.09. The lowest BCUT2D eigenvalue weighted by atomic mass is 10.3. The highest BCUT2D eigenvalue weighted by Crippen LogP contribution is 2.18. The van der Waals surface area contributed by atoms with Gasteiger partial charge in [0.05, 0.1) is 18.9 Å². The molecule has 2 rings (SSSR count). The largest absolute Gasteiger partial charge is 0.398 e. The minimum atomic E-state index is -3.71. The summed E-state index contributed by atoms with van der Waals surface area (Å²) in [7, 11) is -3.71. The number of nitrogens with one attached hydrogen (secondary N) is 1.